The van der Waals surface area contributed by atoms with Gasteiger partial charge in [-0.25, -0.2) is 19.2 Å². The minimum Gasteiger partial charge on any atom is -0.386 e. The van der Waals surface area contributed by atoms with Crippen molar-refractivity contribution in [3.05, 3.63) is 94.0 Å². The van der Waals surface area contributed by atoms with Crippen molar-refractivity contribution < 1.29 is 33.4 Å². The number of cyclic esters (lactones) is 4. The second kappa shape index (κ2) is 6.18. The summed E-state index contributed by atoms with van der Waals surface area (Å²) >= 11 is 0. The fraction of sp³-hybridized carbons (Fsp3) is 0. The molecule has 0 atom stereocenters. The summed E-state index contributed by atoms with van der Waals surface area (Å²) < 4.78 is 9.54. The number of hydrogen-bond acceptors (Lipinski definition) is 7. The van der Waals surface area contributed by atoms with Gasteiger partial charge in [0.2, 0.25) is 0 Å². The standard InChI is InChI=1S/C25H10O7/c26-21(13-7-9-17-19-11(13)3-1-5-15(19)22(27)31-24(17)29)14-8-10-18-20-12(14)4-2-6-16(20)23(28)32-25(18)30/h1-10H. The van der Waals surface area contributed by atoms with Crippen molar-refractivity contribution in [2.24, 2.45) is 0 Å². The Labute approximate surface area is 179 Å². The van der Waals surface area contributed by atoms with Gasteiger partial charge in [0.05, 0.1) is 22.3 Å². The first-order chi connectivity index (χ1) is 15.5. The van der Waals surface area contributed by atoms with Crippen molar-refractivity contribution in [3.63, 3.8) is 0 Å². The van der Waals surface area contributed by atoms with E-state index in [1.54, 1.807) is 24.3 Å². The molecule has 152 valence electrons. The zero-order chi connectivity index (χ0) is 22.1. The number of carbonyl (C=O) groups is 5. The summed E-state index contributed by atoms with van der Waals surface area (Å²) in [5, 5.41) is 1.60. The van der Waals surface area contributed by atoms with Crippen molar-refractivity contribution in [3.8, 4) is 0 Å². The maximum atomic E-state index is 13.7. The number of esters is 4. The second-order valence-corrected chi connectivity index (χ2v) is 7.46. The highest BCUT2D eigenvalue weighted by molar-refractivity contribution is 6.29. The van der Waals surface area contributed by atoms with Crippen LogP contribution in [-0.4, -0.2) is 29.7 Å². The molecule has 32 heavy (non-hydrogen) atoms. The Balaban J connectivity index is 1.63. The molecular formula is C25H10O7. The molecule has 0 unspecified atom stereocenters. The topological polar surface area (TPSA) is 104 Å². The van der Waals surface area contributed by atoms with Crippen molar-refractivity contribution in [1.82, 2.24) is 0 Å². The van der Waals surface area contributed by atoms with Crippen LogP contribution in [0.1, 0.15) is 57.4 Å². The molecule has 0 aromatic heterocycles. The molecule has 2 aliphatic heterocycles. The van der Waals surface area contributed by atoms with Gasteiger partial charge in [0.15, 0.2) is 5.78 Å². The van der Waals surface area contributed by atoms with E-state index in [-0.39, 0.29) is 39.2 Å². The van der Waals surface area contributed by atoms with Crippen LogP contribution >= 0.6 is 0 Å². The summed E-state index contributed by atoms with van der Waals surface area (Å²) in [7, 11) is 0. The van der Waals surface area contributed by atoms with Gasteiger partial charge in [0, 0.05) is 21.9 Å². The van der Waals surface area contributed by atoms with Crippen LogP contribution < -0.4 is 0 Å². The zero-order valence-electron chi connectivity index (χ0n) is 16.1. The average molecular weight is 422 g/mol. The van der Waals surface area contributed by atoms with Crippen LogP contribution in [-0.2, 0) is 9.47 Å². The predicted octanol–water partition coefficient (Wildman–Crippen LogP) is 3.85. The molecule has 7 nitrogen and oxygen atoms in total. The third kappa shape index (κ3) is 2.27. The molecule has 7 heteroatoms. The molecular weight excluding hydrogens is 412 g/mol. The lowest BCUT2D eigenvalue weighted by Crippen LogP contribution is -2.21. The van der Waals surface area contributed by atoms with Crippen molar-refractivity contribution in [2.45, 2.75) is 0 Å². The van der Waals surface area contributed by atoms with E-state index in [0.717, 1.165) is 0 Å². The van der Waals surface area contributed by atoms with Crippen LogP contribution in [0.3, 0.4) is 0 Å². The Morgan fingerprint density at radius 1 is 0.500 bits per heavy atom. The number of ether oxygens (including phenoxy) is 2. The first-order valence-corrected chi connectivity index (χ1v) is 9.65. The first kappa shape index (κ1) is 18.1. The quantitative estimate of drug-likeness (QED) is 0.275. The predicted molar refractivity (Wildman–Crippen MR) is 111 cm³/mol. The lowest BCUT2D eigenvalue weighted by atomic mass is 9.87. The largest absolute Gasteiger partial charge is 0.386 e. The summed E-state index contributed by atoms with van der Waals surface area (Å²) in [4.78, 5) is 62.4. The van der Waals surface area contributed by atoms with Gasteiger partial charge in [-0.2, -0.15) is 0 Å². The molecule has 0 saturated heterocycles. The van der Waals surface area contributed by atoms with E-state index >= 15 is 0 Å². The molecule has 0 N–H and O–H groups in total. The van der Waals surface area contributed by atoms with E-state index in [2.05, 4.69) is 0 Å². The minimum atomic E-state index is -0.767. The molecule has 0 amide bonds. The van der Waals surface area contributed by atoms with Gasteiger partial charge in [-0.1, -0.05) is 24.3 Å². The summed E-state index contributed by atoms with van der Waals surface area (Å²) in [6.45, 7) is 0. The van der Waals surface area contributed by atoms with Crippen molar-refractivity contribution >= 4 is 51.2 Å². The van der Waals surface area contributed by atoms with Crippen LogP contribution in [0, 0.1) is 0 Å². The fourth-order valence-electron chi connectivity index (χ4n) is 4.42. The fourth-order valence-corrected chi connectivity index (χ4v) is 4.42. The number of hydrogen-bond donors (Lipinski definition) is 0. The van der Waals surface area contributed by atoms with Gasteiger partial charge in [-0.05, 0) is 47.2 Å². The van der Waals surface area contributed by atoms with Gasteiger partial charge in [0.25, 0.3) is 0 Å². The minimum absolute atomic E-state index is 0.206. The molecule has 4 aromatic rings. The Hall–Kier alpha value is -4.65. The van der Waals surface area contributed by atoms with Crippen LogP contribution in [0.15, 0.2) is 60.7 Å². The van der Waals surface area contributed by atoms with Crippen LogP contribution in [0.4, 0.5) is 0 Å². The van der Waals surface area contributed by atoms with Gasteiger partial charge in [-0.15, -0.1) is 0 Å². The monoisotopic (exact) mass is 422 g/mol. The summed E-state index contributed by atoms with van der Waals surface area (Å²) in [5.41, 5.74) is 1.37. The van der Waals surface area contributed by atoms with E-state index in [0.29, 0.717) is 21.5 Å². The smallest absolute Gasteiger partial charge is 0.346 e. The van der Waals surface area contributed by atoms with E-state index in [1.807, 2.05) is 0 Å². The molecule has 0 aliphatic carbocycles. The molecule has 0 spiro atoms. The highest BCUT2D eigenvalue weighted by atomic mass is 16.6. The molecule has 0 bridgehead atoms. The summed E-state index contributed by atoms with van der Waals surface area (Å²) in [6.07, 6.45) is 0. The second-order valence-electron chi connectivity index (χ2n) is 7.46. The SMILES string of the molecule is O=C(c1ccc2c3c(cccc13)C(=O)OC2=O)c1ccc2c3c(cccc13)C(=O)OC2=O. The third-order valence-corrected chi connectivity index (χ3v) is 5.82. The van der Waals surface area contributed by atoms with Gasteiger partial charge in [-0.3, -0.25) is 4.79 Å². The Kier molecular flexibility index (Phi) is 3.50. The van der Waals surface area contributed by atoms with E-state index < -0.39 is 23.9 Å². The van der Waals surface area contributed by atoms with E-state index in [9.17, 15) is 24.0 Å². The first-order valence-electron chi connectivity index (χ1n) is 9.65. The Morgan fingerprint density at radius 2 is 0.875 bits per heavy atom. The normalized spacial score (nSPS) is 14.5. The number of ketones is 1. The summed E-state index contributed by atoms with van der Waals surface area (Å²) in [5.74, 6) is -3.45. The van der Waals surface area contributed by atoms with Crippen LogP contribution in [0.2, 0.25) is 0 Å². The molecule has 6 rings (SSSR count). The maximum Gasteiger partial charge on any atom is 0.346 e. The van der Waals surface area contributed by atoms with Crippen molar-refractivity contribution in [1.29, 1.82) is 0 Å². The summed E-state index contributed by atoms with van der Waals surface area (Å²) in [6, 6.07) is 15.6. The zero-order valence-corrected chi connectivity index (χ0v) is 16.1. The molecule has 0 fully saturated rings. The van der Waals surface area contributed by atoms with Crippen LogP contribution in [0.25, 0.3) is 21.5 Å². The number of carbonyl (C=O) groups excluding carboxylic acids is 5. The van der Waals surface area contributed by atoms with E-state index in [4.69, 9.17) is 9.47 Å². The number of rotatable bonds is 2. The molecule has 0 radical (unpaired) electrons. The third-order valence-electron chi connectivity index (χ3n) is 5.82. The highest BCUT2D eigenvalue weighted by Crippen LogP contribution is 2.35. The molecule has 4 aromatic carbocycles. The Bertz CT molecular complexity index is 1450. The Morgan fingerprint density at radius 3 is 1.28 bits per heavy atom. The molecule has 2 aliphatic rings. The molecule has 0 saturated carbocycles. The van der Waals surface area contributed by atoms with Gasteiger partial charge < -0.3 is 9.47 Å². The number of benzene rings is 4. The average Bonchev–Trinajstić information content (AvgIpc) is 2.79. The lowest BCUT2D eigenvalue weighted by molar-refractivity contribution is 0.0373. The maximum absolute atomic E-state index is 13.7. The van der Waals surface area contributed by atoms with Crippen LogP contribution in [0.5, 0.6) is 0 Å². The van der Waals surface area contributed by atoms with Gasteiger partial charge in [0.1, 0.15) is 0 Å². The van der Waals surface area contributed by atoms with Gasteiger partial charge >= 0.3 is 23.9 Å². The highest BCUT2D eigenvalue weighted by Gasteiger charge is 2.31. The van der Waals surface area contributed by atoms with E-state index in [1.165, 1.54) is 36.4 Å². The lowest BCUT2D eigenvalue weighted by Gasteiger charge is -2.19. The molecule has 2 heterocycles. The van der Waals surface area contributed by atoms with Crippen molar-refractivity contribution in [2.75, 3.05) is 0 Å².